The van der Waals surface area contributed by atoms with Gasteiger partial charge in [-0.1, -0.05) is 6.08 Å². The van der Waals surface area contributed by atoms with Crippen molar-refractivity contribution >= 4 is 39.7 Å². The zero-order valence-corrected chi connectivity index (χ0v) is 17.6. The molecule has 1 N–H and O–H groups in total. The number of rotatable bonds is 5. The third-order valence-electron chi connectivity index (χ3n) is 5.31. The molecule has 0 unspecified atom stereocenters. The van der Waals surface area contributed by atoms with Crippen LogP contribution in [-0.2, 0) is 0 Å². The molecule has 1 aromatic heterocycles. The Balaban J connectivity index is 0.00000240. The Morgan fingerprint density at radius 2 is 1.97 bits per heavy atom. The number of anilines is 1. The molecule has 0 radical (unpaired) electrons. The van der Waals surface area contributed by atoms with Crippen LogP contribution >= 0.6 is 17.0 Å². The molecule has 2 heterocycles. The van der Waals surface area contributed by atoms with Crippen molar-refractivity contribution < 1.29 is 19.0 Å². The van der Waals surface area contributed by atoms with Crippen molar-refractivity contribution in [3.05, 3.63) is 47.0 Å². The highest BCUT2D eigenvalue weighted by Crippen LogP contribution is 2.39. The number of fused-ring (bicyclic) bond motifs is 1. The van der Waals surface area contributed by atoms with E-state index in [2.05, 4.69) is 16.2 Å². The summed E-state index contributed by atoms with van der Waals surface area (Å²) in [7, 11) is 0. The first-order valence-corrected chi connectivity index (χ1v) is 9.35. The lowest BCUT2D eigenvalue weighted by molar-refractivity contribution is 0.143. The van der Waals surface area contributed by atoms with Crippen LogP contribution in [0.1, 0.15) is 18.9 Å². The summed E-state index contributed by atoms with van der Waals surface area (Å²) in [5.74, 6) is -0.784. The third kappa shape index (κ3) is 4.30. The van der Waals surface area contributed by atoms with Gasteiger partial charge in [-0.2, -0.15) is 0 Å². The van der Waals surface area contributed by atoms with Gasteiger partial charge in [0.1, 0.15) is 5.82 Å². The zero-order chi connectivity index (χ0) is 19.8. The summed E-state index contributed by atoms with van der Waals surface area (Å²) in [6, 6.07) is 3.08. The van der Waals surface area contributed by atoms with Gasteiger partial charge in [-0.3, -0.25) is 9.69 Å². The van der Waals surface area contributed by atoms with Gasteiger partial charge in [0, 0.05) is 38.8 Å². The maximum atomic E-state index is 14.9. The minimum Gasteiger partial charge on any atom is -0.449 e. The Bertz CT molecular complexity index is 997. The van der Waals surface area contributed by atoms with E-state index in [0.717, 1.165) is 32.5 Å². The number of aromatic nitrogens is 1. The molecule has 1 aliphatic heterocycles. The van der Waals surface area contributed by atoms with Gasteiger partial charge >= 0.3 is 6.16 Å². The lowest BCUT2D eigenvalue weighted by Gasteiger charge is -2.35. The number of hydrogen-bond donors (Lipinski definition) is 1. The first-order chi connectivity index (χ1) is 13.5. The van der Waals surface area contributed by atoms with E-state index in [1.165, 1.54) is 12.3 Å². The van der Waals surface area contributed by atoms with Crippen molar-refractivity contribution in [1.29, 1.82) is 0 Å². The number of piperazine rings is 1. The number of hydrogen-bond acceptors (Lipinski definition) is 5. The average molecular weight is 468 g/mol. The van der Waals surface area contributed by atoms with Crippen molar-refractivity contribution in [2.24, 2.45) is 0 Å². The van der Waals surface area contributed by atoms with Crippen LogP contribution < -0.4 is 15.1 Å². The van der Waals surface area contributed by atoms with E-state index in [0.29, 0.717) is 24.3 Å². The highest BCUT2D eigenvalue weighted by atomic mass is 79.9. The van der Waals surface area contributed by atoms with E-state index in [-0.39, 0.29) is 34.2 Å². The topological polar surface area (TPSA) is 75.0 Å². The molecule has 1 saturated carbocycles. The number of ether oxygens (including phenoxy) is 1. The van der Waals surface area contributed by atoms with Crippen molar-refractivity contribution in [2.75, 3.05) is 37.6 Å². The third-order valence-corrected chi connectivity index (χ3v) is 5.31. The second-order valence-corrected chi connectivity index (χ2v) is 7.23. The zero-order valence-electron chi connectivity index (χ0n) is 15.8. The van der Waals surface area contributed by atoms with Crippen LogP contribution in [0.3, 0.4) is 0 Å². The maximum absolute atomic E-state index is 14.9. The van der Waals surface area contributed by atoms with Gasteiger partial charge in [-0.25, -0.2) is 9.18 Å². The Kier molecular flexibility index (Phi) is 6.28. The van der Waals surface area contributed by atoms with Gasteiger partial charge in [0.2, 0.25) is 5.43 Å². The Morgan fingerprint density at radius 1 is 1.28 bits per heavy atom. The summed E-state index contributed by atoms with van der Waals surface area (Å²) in [5, 5.41) is 9.01. The van der Waals surface area contributed by atoms with Gasteiger partial charge in [0.15, 0.2) is 5.75 Å². The number of halogens is 2. The molecular weight excluding hydrogens is 445 g/mol. The monoisotopic (exact) mass is 467 g/mol. The average Bonchev–Trinajstić information content (AvgIpc) is 3.50. The number of carbonyl (C=O) groups is 1. The molecule has 7 nitrogen and oxygen atoms in total. The lowest BCUT2D eigenvalue weighted by atomic mass is 10.1. The van der Waals surface area contributed by atoms with Crippen LogP contribution in [0, 0.1) is 5.82 Å². The molecule has 29 heavy (non-hydrogen) atoms. The van der Waals surface area contributed by atoms with Crippen LogP contribution in [0.25, 0.3) is 10.9 Å². The van der Waals surface area contributed by atoms with E-state index in [4.69, 9.17) is 5.11 Å². The van der Waals surface area contributed by atoms with Gasteiger partial charge in [0.25, 0.3) is 0 Å². The SMILES string of the molecule is Br.C=CCN1CCN(c2cc3c(cc2F)c(=O)c(OC(=O)O)cn3C2CC2)CC1. The first-order valence-electron chi connectivity index (χ1n) is 9.35. The molecule has 0 amide bonds. The molecule has 1 aliphatic carbocycles. The normalized spacial score (nSPS) is 17.1. The Labute approximate surface area is 177 Å². The quantitative estimate of drug-likeness (QED) is 0.536. The Morgan fingerprint density at radius 3 is 2.55 bits per heavy atom. The molecule has 1 aromatic carbocycles. The summed E-state index contributed by atoms with van der Waals surface area (Å²) in [5.41, 5.74) is 0.456. The molecule has 2 fully saturated rings. The molecule has 156 valence electrons. The highest BCUT2D eigenvalue weighted by Gasteiger charge is 2.28. The fraction of sp³-hybridized carbons (Fsp3) is 0.400. The second kappa shape index (κ2) is 8.54. The number of carboxylic acid groups (broad SMARTS) is 1. The molecule has 1 saturated heterocycles. The second-order valence-electron chi connectivity index (χ2n) is 7.23. The largest absolute Gasteiger partial charge is 0.511 e. The van der Waals surface area contributed by atoms with Crippen LogP contribution in [0.2, 0.25) is 0 Å². The minimum atomic E-state index is -1.56. The Hall–Kier alpha value is -2.39. The fourth-order valence-corrected chi connectivity index (χ4v) is 3.75. The van der Waals surface area contributed by atoms with E-state index < -0.39 is 17.4 Å². The predicted octanol–water partition coefficient (Wildman–Crippen LogP) is 3.42. The maximum Gasteiger partial charge on any atom is 0.511 e. The number of pyridine rings is 1. The van der Waals surface area contributed by atoms with E-state index >= 15 is 0 Å². The molecule has 2 aliphatic rings. The summed E-state index contributed by atoms with van der Waals surface area (Å²) >= 11 is 0. The van der Waals surface area contributed by atoms with E-state index in [1.807, 2.05) is 15.5 Å². The minimum absolute atomic E-state index is 0. The summed E-state index contributed by atoms with van der Waals surface area (Å²) < 4.78 is 21.4. The molecule has 9 heteroatoms. The van der Waals surface area contributed by atoms with Crippen LogP contribution in [-0.4, -0.2) is 53.5 Å². The smallest absolute Gasteiger partial charge is 0.449 e. The molecule has 0 atom stereocenters. The molecule has 0 spiro atoms. The lowest BCUT2D eigenvalue weighted by Crippen LogP contribution is -2.46. The standard InChI is InChI=1S/C20H22FN3O4.BrH/c1-2-5-22-6-8-23(9-7-22)17-11-16-14(10-15(17)21)19(25)18(28-20(26)27)12-24(16)13-3-4-13;/h2,10-13H,1,3-9H2,(H,26,27);1H. The molecule has 0 bridgehead atoms. The van der Waals surface area contributed by atoms with Gasteiger partial charge < -0.3 is 19.3 Å². The van der Waals surface area contributed by atoms with E-state index in [9.17, 15) is 14.0 Å². The van der Waals surface area contributed by atoms with Gasteiger partial charge in [-0.05, 0) is 25.0 Å². The predicted molar refractivity (Wildman–Crippen MR) is 114 cm³/mol. The van der Waals surface area contributed by atoms with Crippen LogP contribution in [0.15, 0.2) is 35.8 Å². The van der Waals surface area contributed by atoms with E-state index in [1.54, 1.807) is 6.07 Å². The van der Waals surface area contributed by atoms with Gasteiger partial charge in [0.05, 0.1) is 22.8 Å². The van der Waals surface area contributed by atoms with Gasteiger partial charge in [-0.15, -0.1) is 23.6 Å². The number of nitrogens with zero attached hydrogens (tertiary/aromatic N) is 3. The van der Waals surface area contributed by atoms with Crippen molar-refractivity contribution in [3.63, 3.8) is 0 Å². The number of benzene rings is 1. The van der Waals surface area contributed by atoms with Crippen LogP contribution in [0.5, 0.6) is 5.75 Å². The van der Waals surface area contributed by atoms with Crippen molar-refractivity contribution in [1.82, 2.24) is 9.47 Å². The summed E-state index contributed by atoms with van der Waals surface area (Å²) in [4.78, 5) is 27.7. The van der Waals surface area contributed by atoms with Crippen LogP contribution in [0.4, 0.5) is 14.9 Å². The summed E-state index contributed by atoms with van der Waals surface area (Å²) in [6.07, 6.45) is 3.58. The first kappa shape index (κ1) is 21.3. The molecular formula is C20H23BrFN3O4. The fourth-order valence-electron chi connectivity index (χ4n) is 3.75. The van der Waals surface area contributed by atoms with Crippen molar-refractivity contribution in [2.45, 2.75) is 18.9 Å². The summed E-state index contributed by atoms with van der Waals surface area (Å²) in [6.45, 7) is 7.55. The molecule has 4 rings (SSSR count). The molecule has 2 aromatic rings. The van der Waals surface area contributed by atoms with Crippen molar-refractivity contribution in [3.8, 4) is 5.75 Å². The highest BCUT2D eigenvalue weighted by molar-refractivity contribution is 8.93.